The van der Waals surface area contributed by atoms with Gasteiger partial charge in [0.25, 0.3) is 0 Å². The van der Waals surface area contributed by atoms with E-state index in [0.29, 0.717) is 0 Å². The van der Waals surface area contributed by atoms with E-state index >= 15 is 0 Å². The van der Waals surface area contributed by atoms with Crippen LogP contribution in [0.5, 0.6) is 0 Å². The molecule has 174 valence electrons. The van der Waals surface area contributed by atoms with Crippen molar-refractivity contribution in [1.29, 1.82) is 0 Å². The van der Waals surface area contributed by atoms with Crippen molar-refractivity contribution in [3.63, 3.8) is 0 Å². The number of benzene rings is 3. The number of rotatable bonds is 8. The molecule has 1 heteroatoms. The second kappa shape index (κ2) is 10.2. The van der Waals surface area contributed by atoms with E-state index in [1.54, 1.807) is 11.1 Å². The third kappa shape index (κ3) is 4.44. The molecule has 0 bridgehead atoms. The first-order valence-corrected chi connectivity index (χ1v) is 17.3. The van der Waals surface area contributed by atoms with Crippen LogP contribution in [0.3, 0.4) is 0 Å². The van der Waals surface area contributed by atoms with Crippen LogP contribution in [-0.4, -0.2) is 0 Å². The average molecular weight is 483 g/mol. The van der Waals surface area contributed by atoms with Crippen molar-refractivity contribution in [2.24, 2.45) is 0 Å². The van der Waals surface area contributed by atoms with Gasteiger partial charge in [0.05, 0.1) is 0 Å². The van der Waals surface area contributed by atoms with Gasteiger partial charge in [0.1, 0.15) is 0 Å². The Balaban J connectivity index is 1.73. The van der Waals surface area contributed by atoms with Gasteiger partial charge in [-0.25, -0.2) is 0 Å². The number of hydrogen-bond acceptors (Lipinski definition) is 0. The van der Waals surface area contributed by atoms with Crippen LogP contribution >= 0.6 is 0 Å². The normalized spacial score (nSPS) is 20.2. The zero-order valence-electron chi connectivity index (χ0n) is 20.9. The van der Waals surface area contributed by atoms with Gasteiger partial charge >= 0.3 is 211 Å². The molecule has 0 saturated heterocycles. The number of hydrogen-bond donors (Lipinski definition) is 0. The maximum atomic E-state index is 2.80. The number of allylic oxidation sites excluding steroid dienone is 4. The molecule has 0 nitrogen and oxygen atoms in total. The molecule has 0 aromatic heterocycles. The predicted molar refractivity (Wildman–Crippen MR) is 143 cm³/mol. The van der Waals surface area contributed by atoms with E-state index in [1.807, 2.05) is 5.57 Å². The summed E-state index contributed by atoms with van der Waals surface area (Å²) in [6.45, 7) is 4.91. The third-order valence-electron chi connectivity index (χ3n) is 8.61. The van der Waals surface area contributed by atoms with E-state index in [0.717, 1.165) is 0 Å². The summed E-state index contributed by atoms with van der Waals surface area (Å²) in [7, 11) is 0. The third-order valence-corrected chi connectivity index (χ3v) is 17.9. The van der Waals surface area contributed by atoms with Crippen molar-refractivity contribution in [2.45, 2.75) is 63.8 Å². The molecule has 3 aromatic rings. The Bertz CT molecular complexity index is 1060. The van der Waals surface area contributed by atoms with Gasteiger partial charge in [-0.05, 0) is 0 Å². The van der Waals surface area contributed by atoms with Gasteiger partial charge in [-0.15, -0.1) is 0 Å². The minimum atomic E-state index is -2.75. The monoisotopic (exact) mass is 482 g/mol. The fourth-order valence-corrected chi connectivity index (χ4v) is 17.4. The Morgan fingerprint density at radius 3 is 1.53 bits per heavy atom. The molecule has 0 spiro atoms. The summed E-state index contributed by atoms with van der Waals surface area (Å²) in [6.07, 6.45) is 9.37. The van der Waals surface area contributed by atoms with Crippen LogP contribution in [0.1, 0.15) is 62.6 Å². The topological polar surface area (TPSA) is 0 Å². The first-order valence-electron chi connectivity index (χ1n) is 13.2. The van der Waals surface area contributed by atoms with Crippen molar-refractivity contribution in [2.75, 3.05) is 0 Å². The van der Waals surface area contributed by atoms with E-state index in [-0.39, 0.29) is 3.72 Å². The van der Waals surface area contributed by atoms with Crippen LogP contribution < -0.4 is 0 Å². The summed E-state index contributed by atoms with van der Waals surface area (Å²) in [4.78, 5) is 0. The Morgan fingerprint density at radius 1 is 0.647 bits per heavy atom. The molecule has 0 saturated carbocycles. The summed E-state index contributed by atoms with van der Waals surface area (Å²) in [5.41, 5.74) is 9.80. The Labute approximate surface area is 210 Å². The molecule has 1 atom stereocenters. The summed E-state index contributed by atoms with van der Waals surface area (Å²) >= 11 is -2.75. The minimum absolute atomic E-state index is 0.279. The molecule has 3 aromatic carbocycles. The SMILES string of the molecule is CC[C]1([Ti]([CH2]c2ccccc2)([CH2]c2ccccc2)[CH2]c2ccccc2)C=C(C)C2=C1CCCC2. The van der Waals surface area contributed by atoms with E-state index in [1.165, 1.54) is 63.0 Å². The molecular formula is C33H38Ti. The molecule has 1 unspecified atom stereocenters. The quantitative estimate of drug-likeness (QED) is 0.281. The van der Waals surface area contributed by atoms with Crippen LogP contribution in [0.25, 0.3) is 0 Å². The Kier molecular flexibility index (Phi) is 7.10. The Hall–Kier alpha value is -2.15. The van der Waals surface area contributed by atoms with Gasteiger partial charge in [0.15, 0.2) is 0 Å². The second-order valence-corrected chi connectivity index (χ2v) is 17.6. The molecule has 2 aliphatic rings. The zero-order chi connectivity index (χ0) is 23.4. The van der Waals surface area contributed by atoms with Crippen LogP contribution in [0.4, 0.5) is 0 Å². The van der Waals surface area contributed by atoms with Gasteiger partial charge in [-0.1, -0.05) is 0 Å². The van der Waals surface area contributed by atoms with Crippen LogP contribution in [-0.2, 0) is 30.8 Å². The predicted octanol–water partition coefficient (Wildman–Crippen LogP) is 9.14. The van der Waals surface area contributed by atoms with Crippen molar-refractivity contribution in [3.8, 4) is 0 Å². The summed E-state index contributed by atoms with van der Waals surface area (Å²) in [5.74, 6) is 0. The van der Waals surface area contributed by atoms with Crippen molar-refractivity contribution < 1.29 is 16.6 Å². The summed E-state index contributed by atoms with van der Waals surface area (Å²) < 4.78 is 4.11. The van der Waals surface area contributed by atoms with Crippen molar-refractivity contribution >= 4 is 0 Å². The molecule has 2 aliphatic carbocycles. The summed E-state index contributed by atoms with van der Waals surface area (Å²) in [5, 5.41) is 0. The van der Waals surface area contributed by atoms with Gasteiger partial charge in [-0.2, -0.15) is 0 Å². The van der Waals surface area contributed by atoms with Gasteiger partial charge < -0.3 is 0 Å². The fraction of sp³-hybridized carbons (Fsp3) is 0.333. The maximum absolute atomic E-state index is 2.80. The molecular weight excluding hydrogens is 444 g/mol. The second-order valence-electron chi connectivity index (χ2n) is 10.6. The van der Waals surface area contributed by atoms with Crippen LogP contribution in [0.2, 0.25) is 3.72 Å². The molecule has 34 heavy (non-hydrogen) atoms. The van der Waals surface area contributed by atoms with Gasteiger partial charge in [-0.3, -0.25) is 0 Å². The standard InChI is InChI=1S/C12H17.3C7H7.Ti/c1-3-10-8-9(2)11-6-4-5-7-12(10)11;3*1-7-5-3-2-4-6-7;/h8H,3-7H2,1-2H3;3*2-6H,1H2;. The van der Waals surface area contributed by atoms with E-state index in [9.17, 15) is 0 Å². The first kappa shape index (κ1) is 23.6. The van der Waals surface area contributed by atoms with E-state index < -0.39 is 16.6 Å². The fourth-order valence-electron chi connectivity index (χ4n) is 7.16. The molecule has 0 heterocycles. The average Bonchev–Trinajstić information content (AvgIpc) is 3.19. The van der Waals surface area contributed by atoms with Crippen LogP contribution in [0, 0.1) is 0 Å². The molecule has 0 amide bonds. The molecule has 5 rings (SSSR count). The zero-order valence-corrected chi connectivity index (χ0v) is 22.5. The van der Waals surface area contributed by atoms with Crippen molar-refractivity contribution in [1.82, 2.24) is 0 Å². The molecule has 0 aliphatic heterocycles. The Morgan fingerprint density at radius 2 is 1.09 bits per heavy atom. The van der Waals surface area contributed by atoms with Crippen molar-refractivity contribution in [3.05, 3.63) is 130 Å². The van der Waals surface area contributed by atoms with Gasteiger partial charge in [0.2, 0.25) is 0 Å². The molecule has 0 N–H and O–H groups in total. The molecule has 0 fully saturated rings. The first-order chi connectivity index (χ1) is 16.7. The van der Waals surface area contributed by atoms with Gasteiger partial charge in [0, 0.05) is 0 Å². The van der Waals surface area contributed by atoms with Crippen LogP contribution in [0.15, 0.2) is 114 Å². The van der Waals surface area contributed by atoms with E-state index in [4.69, 9.17) is 0 Å². The molecule has 0 radical (unpaired) electrons. The summed E-state index contributed by atoms with van der Waals surface area (Å²) in [6, 6.07) is 34.3. The van der Waals surface area contributed by atoms with E-state index in [2.05, 4.69) is 111 Å².